The van der Waals surface area contributed by atoms with Crippen molar-refractivity contribution in [2.75, 3.05) is 0 Å². The van der Waals surface area contributed by atoms with Crippen LogP contribution in [0.5, 0.6) is 0 Å². The summed E-state index contributed by atoms with van der Waals surface area (Å²) in [6.45, 7) is 0. The standard InChI is InChI=1S/C12H9B2NO2/c13-12(14)11-7-4-5-8(11)10-6(7)2-1-3-9(10)15(16)17/h1-3,7-8H,4-5H2. The lowest BCUT2D eigenvalue weighted by Crippen LogP contribution is -2.02. The number of hydrogen-bond donors (Lipinski definition) is 0. The summed E-state index contributed by atoms with van der Waals surface area (Å²) < 4.78 is 0. The van der Waals surface area contributed by atoms with Crippen LogP contribution in [0.4, 0.5) is 5.69 Å². The Morgan fingerprint density at radius 2 is 2.00 bits per heavy atom. The Bertz CT molecular complexity index is 549. The number of hydrogen-bond acceptors (Lipinski definition) is 2. The van der Waals surface area contributed by atoms with E-state index in [1.54, 1.807) is 12.1 Å². The summed E-state index contributed by atoms with van der Waals surface area (Å²) in [4.78, 5) is 10.7. The maximum atomic E-state index is 11.0. The van der Waals surface area contributed by atoms with Crippen LogP contribution in [0, 0.1) is 10.1 Å². The van der Waals surface area contributed by atoms with Crippen molar-refractivity contribution in [1.82, 2.24) is 0 Å². The predicted molar refractivity (Wildman–Crippen MR) is 66.3 cm³/mol. The van der Waals surface area contributed by atoms with Crippen LogP contribution in [0.1, 0.15) is 35.8 Å². The highest BCUT2D eigenvalue weighted by Crippen LogP contribution is 2.59. The largest absolute Gasteiger partial charge is 0.273 e. The topological polar surface area (TPSA) is 43.1 Å². The molecule has 0 amide bonds. The first-order valence-electron chi connectivity index (χ1n) is 5.63. The quantitative estimate of drug-likeness (QED) is 0.414. The van der Waals surface area contributed by atoms with E-state index in [9.17, 15) is 10.1 Å². The molecule has 2 aliphatic carbocycles. The fourth-order valence-electron chi connectivity index (χ4n) is 3.33. The molecule has 4 radical (unpaired) electrons. The Hall–Kier alpha value is -1.51. The third-order valence-electron chi connectivity index (χ3n) is 3.87. The second-order valence-electron chi connectivity index (χ2n) is 4.63. The minimum Gasteiger partial charge on any atom is -0.258 e. The van der Waals surface area contributed by atoms with Crippen molar-refractivity contribution in [2.24, 2.45) is 0 Å². The summed E-state index contributed by atoms with van der Waals surface area (Å²) in [5.74, 6) is 0.251. The molecule has 1 fully saturated rings. The van der Waals surface area contributed by atoms with E-state index in [2.05, 4.69) is 0 Å². The molecule has 0 saturated heterocycles. The van der Waals surface area contributed by atoms with Gasteiger partial charge in [0.15, 0.2) is 0 Å². The van der Waals surface area contributed by atoms with Gasteiger partial charge in [0, 0.05) is 23.5 Å². The van der Waals surface area contributed by atoms with Gasteiger partial charge in [-0.15, -0.1) is 0 Å². The van der Waals surface area contributed by atoms with Gasteiger partial charge in [-0.2, -0.15) is 5.37 Å². The number of nitrogens with zero attached hydrogens (tertiary/aromatic N) is 1. The van der Waals surface area contributed by atoms with Crippen molar-refractivity contribution in [2.45, 2.75) is 24.7 Å². The van der Waals surface area contributed by atoms with Gasteiger partial charge in [0.05, 0.1) is 20.6 Å². The van der Waals surface area contributed by atoms with Crippen LogP contribution in [0.3, 0.4) is 0 Å². The SMILES string of the molecule is [B]C([B])=C1C2CCC1c1c2cccc1[N+](=O)[O-]. The summed E-state index contributed by atoms with van der Waals surface area (Å²) >= 11 is 0. The Kier molecular flexibility index (Phi) is 2.18. The van der Waals surface area contributed by atoms with E-state index in [0.29, 0.717) is 5.37 Å². The van der Waals surface area contributed by atoms with Crippen molar-refractivity contribution in [1.29, 1.82) is 0 Å². The van der Waals surface area contributed by atoms with E-state index in [1.807, 2.05) is 6.07 Å². The average Bonchev–Trinajstić information content (AvgIpc) is 2.84. The molecule has 2 bridgehead atoms. The molecule has 0 aliphatic heterocycles. The molecular formula is C12H9B2NO2. The van der Waals surface area contributed by atoms with Crippen molar-refractivity contribution >= 4 is 21.4 Å². The molecule has 80 valence electrons. The molecule has 2 aliphatic rings. The van der Waals surface area contributed by atoms with Gasteiger partial charge >= 0.3 is 0 Å². The average molecular weight is 221 g/mol. The van der Waals surface area contributed by atoms with Crippen LogP contribution in [0.15, 0.2) is 29.1 Å². The number of benzene rings is 1. The molecule has 0 spiro atoms. The Morgan fingerprint density at radius 3 is 2.65 bits per heavy atom. The second kappa shape index (κ2) is 3.49. The molecule has 2 unspecified atom stereocenters. The van der Waals surface area contributed by atoms with Crippen molar-refractivity contribution in [3.05, 3.63) is 50.4 Å². The highest BCUT2D eigenvalue weighted by Gasteiger charge is 2.44. The Labute approximate surface area is 102 Å². The molecular weight excluding hydrogens is 212 g/mol. The number of fused-ring (bicyclic) bond motifs is 5. The Balaban J connectivity index is 2.26. The smallest absolute Gasteiger partial charge is 0.258 e. The summed E-state index contributed by atoms with van der Waals surface area (Å²) in [6.07, 6.45) is 1.90. The number of nitro groups is 1. The highest BCUT2D eigenvalue weighted by molar-refractivity contribution is 6.48. The monoisotopic (exact) mass is 221 g/mol. The van der Waals surface area contributed by atoms with Crippen LogP contribution in [-0.2, 0) is 0 Å². The van der Waals surface area contributed by atoms with E-state index in [0.717, 1.165) is 29.5 Å². The number of rotatable bonds is 1. The lowest BCUT2D eigenvalue weighted by atomic mass is 9.72. The molecule has 1 aromatic rings. The lowest BCUT2D eigenvalue weighted by Gasteiger charge is -2.13. The van der Waals surface area contributed by atoms with Crippen LogP contribution in [-0.4, -0.2) is 20.6 Å². The molecule has 0 heterocycles. The fourth-order valence-corrected chi connectivity index (χ4v) is 3.33. The van der Waals surface area contributed by atoms with Crippen LogP contribution >= 0.6 is 0 Å². The molecule has 5 heteroatoms. The molecule has 2 atom stereocenters. The summed E-state index contributed by atoms with van der Waals surface area (Å²) in [5.41, 5.74) is 3.07. The third kappa shape index (κ3) is 1.31. The van der Waals surface area contributed by atoms with Crippen LogP contribution in [0.2, 0.25) is 0 Å². The molecule has 3 nitrogen and oxygen atoms in total. The highest BCUT2D eigenvalue weighted by atomic mass is 16.6. The maximum absolute atomic E-state index is 11.0. The zero-order chi connectivity index (χ0) is 12.2. The second-order valence-corrected chi connectivity index (χ2v) is 4.63. The van der Waals surface area contributed by atoms with Crippen molar-refractivity contribution in [3.8, 4) is 0 Å². The van der Waals surface area contributed by atoms with E-state index >= 15 is 0 Å². The van der Waals surface area contributed by atoms with E-state index in [4.69, 9.17) is 15.7 Å². The molecule has 17 heavy (non-hydrogen) atoms. The fraction of sp³-hybridized carbons (Fsp3) is 0.333. The van der Waals surface area contributed by atoms with Gasteiger partial charge in [-0.25, -0.2) is 0 Å². The normalized spacial score (nSPS) is 24.8. The van der Waals surface area contributed by atoms with Crippen molar-refractivity contribution < 1.29 is 4.92 Å². The van der Waals surface area contributed by atoms with E-state index < -0.39 is 0 Å². The van der Waals surface area contributed by atoms with Gasteiger partial charge in [-0.1, -0.05) is 17.7 Å². The van der Waals surface area contributed by atoms with Gasteiger partial charge in [0.1, 0.15) is 0 Å². The molecule has 1 saturated carbocycles. The minimum atomic E-state index is -0.316. The zero-order valence-corrected chi connectivity index (χ0v) is 9.22. The van der Waals surface area contributed by atoms with E-state index in [1.165, 1.54) is 0 Å². The molecule has 0 N–H and O–H groups in total. The first kappa shape index (κ1) is 10.6. The van der Waals surface area contributed by atoms with Gasteiger partial charge in [0.2, 0.25) is 0 Å². The summed E-state index contributed by atoms with van der Waals surface area (Å²) in [5, 5.41) is 11.4. The van der Waals surface area contributed by atoms with Gasteiger partial charge < -0.3 is 0 Å². The molecule has 1 aromatic carbocycles. The summed E-state index contributed by atoms with van der Waals surface area (Å²) in [6, 6.07) is 5.25. The Morgan fingerprint density at radius 1 is 1.29 bits per heavy atom. The first-order valence-corrected chi connectivity index (χ1v) is 5.63. The van der Waals surface area contributed by atoms with E-state index in [-0.39, 0.29) is 22.4 Å². The number of allylic oxidation sites excluding steroid dienone is 1. The molecule has 3 rings (SSSR count). The first-order chi connectivity index (χ1) is 8.11. The minimum absolute atomic E-state index is 0.0570. The van der Waals surface area contributed by atoms with Crippen molar-refractivity contribution in [3.63, 3.8) is 0 Å². The zero-order valence-electron chi connectivity index (χ0n) is 9.22. The maximum Gasteiger partial charge on any atom is 0.273 e. The van der Waals surface area contributed by atoms with Gasteiger partial charge in [-0.3, -0.25) is 10.1 Å². The van der Waals surface area contributed by atoms with Gasteiger partial charge in [0.25, 0.3) is 5.69 Å². The van der Waals surface area contributed by atoms with Crippen LogP contribution in [0.25, 0.3) is 0 Å². The predicted octanol–water partition coefficient (Wildman–Crippen LogP) is 2.12. The lowest BCUT2D eigenvalue weighted by molar-refractivity contribution is -0.385. The third-order valence-corrected chi connectivity index (χ3v) is 3.87. The van der Waals surface area contributed by atoms with Gasteiger partial charge in [-0.05, 0) is 18.4 Å². The summed E-state index contributed by atoms with van der Waals surface area (Å²) in [7, 11) is 11.4. The number of nitro benzene ring substituents is 1. The molecule has 0 aromatic heterocycles. The van der Waals surface area contributed by atoms with Crippen LogP contribution < -0.4 is 0 Å².